The predicted molar refractivity (Wildman–Crippen MR) is 90.7 cm³/mol. The van der Waals surface area contributed by atoms with E-state index in [-0.39, 0.29) is 21.3 Å². The van der Waals surface area contributed by atoms with E-state index in [4.69, 9.17) is 16.7 Å². The Labute approximate surface area is 147 Å². The predicted octanol–water partition coefficient (Wildman–Crippen LogP) is 3.10. The van der Waals surface area contributed by atoms with Crippen LogP contribution in [-0.4, -0.2) is 23.0 Å². The lowest BCUT2D eigenvalue weighted by atomic mass is 10.2. The maximum atomic E-state index is 11.3. The Morgan fingerprint density at radius 2 is 1.90 bits per heavy atom. The second kappa shape index (κ2) is 5.94. The fourth-order valence-corrected chi connectivity index (χ4v) is 4.00. The average Bonchev–Trinajstić information content (AvgIpc) is 2.87. The number of nitrogens with two attached hydrogens (primary N) is 1. The molecule has 0 spiro atoms. The van der Waals surface area contributed by atoms with Crippen molar-refractivity contribution in [2.75, 3.05) is 0 Å². The molecule has 0 bridgehead atoms. The Kier molecular flexibility index (Phi) is 4.76. The van der Waals surface area contributed by atoms with Crippen molar-refractivity contribution < 1.29 is 8.42 Å². The van der Waals surface area contributed by atoms with Crippen LogP contribution in [0.4, 0.5) is 0 Å². The van der Waals surface area contributed by atoms with E-state index in [1.807, 2.05) is 0 Å². The van der Waals surface area contributed by atoms with E-state index in [0.29, 0.717) is 20.3 Å². The van der Waals surface area contributed by atoms with Crippen molar-refractivity contribution in [2.24, 2.45) is 5.14 Å². The van der Waals surface area contributed by atoms with Crippen molar-refractivity contribution in [1.29, 1.82) is 0 Å². The van der Waals surface area contributed by atoms with Gasteiger partial charge in [-0.2, -0.15) is 0 Å². The molecule has 0 aliphatic carbocycles. The molecule has 2 N–H and O–H groups in total. The molecule has 112 valence electrons. The quantitative estimate of drug-likeness (QED) is 0.618. The lowest BCUT2D eigenvalue weighted by Crippen LogP contribution is -2.12. The molecule has 0 aliphatic heterocycles. The highest BCUT2D eigenvalue weighted by molar-refractivity contribution is 9.10. The summed E-state index contributed by atoms with van der Waals surface area (Å²) < 4.78 is 24.5. The third kappa shape index (κ3) is 3.15. The van der Waals surface area contributed by atoms with Crippen LogP contribution in [0.5, 0.6) is 0 Å². The topological polar surface area (TPSA) is 90.4 Å². The smallest absolute Gasteiger partial charge is 0.223 e. The van der Waals surface area contributed by atoms with Gasteiger partial charge in [-0.05, 0) is 28.1 Å². The summed E-state index contributed by atoms with van der Waals surface area (Å²) in [7, 11) is -3.84. The first kappa shape index (κ1) is 16.8. The van der Waals surface area contributed by atoms with Crippen LogP contribution in [0, 0.1) is 0 Å². The van der Waals surface area contributed by atoms with Crippen molar-refractivity contribution in [3.8, 4) is 11.3 Å². The molecule has 2 aromatic heterocycles. The molecule has 6 nitrogen and oxygen atoms in total. The zero-order valence-corrected chi connectivity index (χ0v) is 15.7. The first-order chi connectivity index (χ1) is 9.36. The summed E-state index contributed by atoms with van der Waals surface area (Å²) >= 11 is 10.1. The minimum absolute atomic E-state index is 0. The van der Waals surface area contributed by atoms with Gasteiger partial charge in [0, 0.05) is 10.6 Å². The number of halogens is 3. The molecule has 11 heteroatoms. The number of fused-ring (bicyclic) bond motifs is 1. The molecule has 0 amide bonds. The highest BCUT2D eigenvalue weighted by atomic mass is 79.9. The molecule has 3 rings (SSSR count). The van der Waals surface area contributed by atoms with Crippen molar-refractivity contribution in [1.82, 2.24) is 14.6 Å². The summed E-state index contributed by atoms with van der Waals surface area (Å²) in [6, 6.07) is 7.06. The van der Waals surface area contributed by atoms with E-state index in [1.165, 1.54) is 4.52 Å². The van der Waals surface area contributed by atoms with Gasteiger partial charge in [-0.3, -0.25) is 0 Å². The van der Waals surface area contributed by atoms with Crippen molar-refractivity contribution in [3.05, 3.63) is 33.9 Å². The fraction of sp³-hybridized carbons (Fsp3) is 0. The van der Waals surface area contributed by atoms with E-state index in [2.05, 4.69) is 26.0 Å². The number of imidazole rings is 1. The second-order valence-electron chi connectivity index (χ2n) is 3.87. The van der Waals surface area contributed by atoms with Crippen LogP contribution in [0.25, 0.3) is 16.2 Å². The Bertz CT molecular complexity index is 905. The van der Waals surface area contributed by atoms with Crippen LogP contribution in [-0.2, 0) is 10.0 Å². The number of aromatic nitrogens is 3. The van der Waals surface area contributed by atoms with E-state index in [1.54, 1.807) is 24.3 Å². The lowest BCUT2D eigenvalue weighted by Gasteiger charge is -2.00. The summed E-state index contributed by atoms with van der Waals surface area (Å²) in [5.74, 6) is 0. The monoisotopic (exact) mass is 472 g/mol. The largest absolute Gasteiger partial charge is 0.267 e. The molecular weight excluding hydrogens is 468 g/mol. The van der Waals surface area contributed by atoms with Gasteiger partial charge in [-0.1, -0.05) is 35.1 Å². The van der Waals surface area contributed by atoms with Gasteiger partial charge >= 0.3 is 0 Å². The number of primary sulfonamides is 1. The van der Waals surface area contributed by atoms with E-state index in [9.17, 15) is 8.42 Å². The zero-order chi connectivity index (χ0) is 14.5. The number of sulfonamides is 1. The Morgan fingerprint density at radius 3 is 2.48 bits per heavy atom. The highest BCUT2D eigenvalue weighted by Gasteiger charge is 2.21. The number of hydrogen-bond acceptors (Lipinski definition) is 5. The van der Waals surface area contributed by atoms with Gasteiger partial charge in [0.25, 0.3) is 10.0 Å². The fourth-order valence-electron chi connectivity index (χ4n) is 1.67. The molecule has 0 atom stereocenters. The van der Waals surface area contributed by atoms with E-state index in [0.717, 1.165) is 16.9 Å². The Balaban J connectivity index is 0.00000161. The molecule has 0 fully saturated rings. The lowest BCUT2D eigenvalue weighted by molar-refractivity contribution is 0.595. The average molecular weight is 475 g/mol. The molecule has 0 radical (unpaired) electrons. The van der Waals surface area contributed by atoms with Crippen LogP contribution in [0.3, 0.4) is 0 Å². The van der Waals surface area contributed by atoms with E-state index >= 15 is 0 Å². The van der Waals surface area contributed by atoms with Crippen LogP contribution in [0.1, 0.15) is 0 Å². The molecule has 2 heterocycles. The summed E-state index contributed by atoms with van der Waals surface area (Å²) in [6.45, 7) is 0. The van der Waals surface area contributed by atoms with Crippen LogP contribution in [0.2, 0.25) is 5.02 Å². The van der Waals surface area contributed by atoms with Crippen LogP contribution in [0.15, 0.2) is 33.2 Å². The minimum atomic E-state index is -3.84. The molecule has 3 aromatic rings. The Morgan fingerprint density at radius 1 is 1.29 bits per heavy atom. The minimum Gasteiger partial charge on any atom is -0.223 e. The molecule has 0 unspecified atom stereocenters. The van der Waals surface area contributed by atoms with Gasteiger partial charge in [-0.25, -0.2) is 23.1 Å². The maximum absolute atomic E-state index is 11.3. The summed E-state index contributed by atoms with van der Waals surface area (Å²) in [4.78, 5) is 4.66. The first-order valence-corrected chi connectivity index (χ1v) is 8.73. The van der Waals surface area contributed by atoms with E-state index < -0.39 is 10.0 Å². The van der Waals surface area contributed by atoms with Crippen molar-refractivity contribution in [2.45, 2.75) is 4.34 Å². The molecule has 0 saturated carbocycles. The van der Waals surface area contributed by atoms with Crippen LogP contribution < -0.4 is 5.14 Å². The number of nitrogens with zero attached hydrogens (tertiary/aromatic N) is 3. The van der Waals surface area contributed by atoms with Gasteiger partial charge in [-0.15, -0.1) is 22.1 Å². The van der Waals surface area contributed by atoms with Crippen molar-refractivity contribution >= 4 is 70.8 Å². The summed E-state index contributed by atoms with van der Waals surface area (Å²) in [5, 5.41) is 9.68. The third-order valence-electron chi connectivity index (χ3n) is 2.50. The van der Waals surface area contributed by atoms with Gasteiger partial charge < -0.3 is 0 Å². The van der Waals surface area contributed by atoms with Crippen molar-refractivity contribution in [3.63, 3.8) is 0 Å². The summed E-state index contributed by atoms with van der Waals surface area (Å²) in [6.07, 6.45) is 0. The highest BCUT2D eigenvalue weighted by Crippen LogP contribution is 2.32. The molecular formula is C10H7Br2ClN4O2S2. The molecule has 0 aliphatic rings. The molecule has 1 aromatic carbocycles. The normalized spacial score (nSPS) is 11.6. The maximum Gasteiger partial charge on any atom is 0.267 e. The Hall–Kier alpha value is -0.520. The van der Waals surface area contributed by atoms with Gasteiger partial charge in [0.15, 0.2) is 0 Å². The molecule has 0 saturated heterocycles. The second-order valence-corrected chi connectivity index (χ2v) is 7.74. The van der Waals surface area contributed by atoms with Crippen LogP contribution >= 0.6 is 55.8 Å². The SMILES string of the molecule is Br.NS(=O)(=O)c1nn2c(-c3ccc(Cl)cc3)c(Br)nc2s1. The number of hydrogen-bond donors (Lipinski definition) is 1. The van der Waals surface area contributed by atoms with Gasteiger partial charge in [0.2, 0.25) is 9.30 Å². The number of rotatable bonds is 2. The first-order valence-electron chi connectivity index (χ1n) is 5.20. The summed E-state index contributed by atoms with van der Waals surface area (Å²) in [5.41, 5.74) is 1.45. The third-order valence-corrected chi connectivity index (χ3v) is 5.53. The van der Waals surface area contributed by atoms with Gasteiger partial charge in [0.1, 0.15) is 10.3 Å². The molecule has 21 heavy (non-hydrogen) atoms. The zero-order valence-electron chi connectivity index (χ0n) is 10.0. The number of benzene rings is 1. The standard InChI is InChI=1S/C10H6BrClN4O2S2.BrH/c11-8-7(5-1-3-6(12)4-2-5)16-9(14-8)19-10(15-16)20(13,17)18;/h1-4H,(H2,13,17,18);1H. The van der Waals surface area contributed by atoms with Gasteiger partial charge in [0.05, 0.1) is 0 Å².